The number of para-hydroxylation sites is 1. The average Bonchev–Trinajstić information content (AvgIpc) is 2.77. The van der Waals surface area contributed by atoms with Crippen molar-refractivity contribution in [2.24, 2.45) is 0 Å². The summed E-state index contributed by atoms with van der Waals surface area (Å²) in [7, 11) is 1.69. The van der Waals surface area contributed by atoms with Crippen molar-refractivity contribution >= 4 is 6.09 Å². The normalized spacial score (nSPS) is 14.8. The van der Waals surface area contributed by atoms with Crippen LogP contribution in [0, 0.1) is 0 Å². The van der Waals surface area contributed by atoms with Crippen LogP contribution in [0.2, 0.25) is 0 Å². The maximum Gasteiger partial charge on any atom is 0.410 e. The summed E-state index contributed by atoms with van der Waals surface area (Å²) in [6, 6.07) is 16.7. The molecule has 5 nitrogen and oxygen atoms in total. The summed E-state index contributed by atoms with van der Waals surface area (Å²) >= 11 is 0. The highest BCUT2D eigenvalue weighted by molar-refractivity contribution is 5.68. The lowest BCUT2D eigenvalue weighted by Crippen LogP contribution is -2.44. The molecule has 174 valence electrons. The number of carbonyl (C=O) groups excluding carboxylic acids is 1. The van der Waals surface area contributed by atoms with Gasteiger partial charge in [-0.25, -0.2) is 4.79 Å². The minimum absolute atomic E-state index is 0.133. The van der Waals surface area contributed by atoms with E-state index in [1.807, 2.05) is 39.0 Å². The molecule has 0 aromatic heterocycles. The van der Waals surface area contributed by atoms with Crippen LogP contribution in [0.4, 0.5) is 4.79 Å². The second-order valence-corrected chi connectivity index (χ2v) is 9.45. The van der Waals surface area contributed by atoms with Crippen LogP contribution in [0.25, 0.3) is 0 Å². The Kier molecular flexibility index (Phi) is 8.43. The molecule has 0 bridgehead atoms. The molecule has 2 aromatic rings. The van der Waals surface area contributed by atoms with Gasteiger partial charge in [0, 0.05) is 25.9 Å². The lowest BCUT2D eigenvalue weighted by molar-refractivity contribution is 0.0126. The minimum atomic E-state index is -0.462. The van der Waals surface area contributed by atoms with Gasteiger partial charge >= 0.3 is 6.09 Å². The van der Waals surface area contributed by atoms with Crippen molar-refractivity contribution in [1.82, 2.24) is 4.90 Å². The topological polar surface area (TPSA) is 48.0 Å². The van der Waals surface area contributed by atoms with Gasteiger partial charge in [-0.05, 0) is 75.8 Å². The first-order chi connectivity index (χ1) is 15.3. The quantitative estimate of drug-likeness (QED) is 0.471. The Bertz CT molecular complexity index is 849. The van der Waals surface area contributed by atoms with Crippen molar-refractivity contribution in [3.8, 4) is 11.5 Å². The van der Waals surface area contributed by atoms with Gasteiger partial charge in [0.25, 0.3) is 0 Å². The van der Waals surface area contributed by atoms with Gasteiger partial charge in [-0.3, -0.25) is 0 Å². The summed E-state index contributed by atoms with van der Waals surface area (Å²) in [5.41, 5.74) is 2.14. The van der Waals surface area contributed by atoms with Gasteiger partial charge in [0.1, 0.15) is 23.2 Å². The van der Waals surface area contributed by atoms with E-state index < -0.39 is 5.60 Å². The van der Waals surface area contributed by atoms with E-state index in [-0.39, 0.29) is 12.2 Å². The number of aryl methyl sites for hydroxylation is 2. The highest BCUT2D eigenvalue weighted by Gasteiger charge is 2.27. The molecule has 0 aliphatic carbocycles. The molecular weight excluding hydrogens is 402 g/mol. The van der Waals surface area contributed by atoms with Gasteiger partial charge in [0.05, 0.1) is 7.11 Å². The fourth-order valence-electron chi connectivity index (χ4n) is 3.92. The van der Waals surface area contributed by atoms with E-state index in [2.05, 4.69) is 30.3 Å². The van der Waals surface area contributed by atoms with Crippen molar-refractivity contribution in [1.29, 1.82) is 0 Å². The maximum absolute atomic E-state index is 12.3. The smallest absolute Gasteiger partial charge is 0.410 e. The second-order valence-electron chi connectivity index (χ2n) is 9.45. The predicted molar refractivity (Wildman–Crippen MR) is 128 cm³/mol. The lowest BCUT2D eigenvalue weighted by atomic mass is 10.0. The highest BCUT2D eigenvalue weighted by atomic mass is 16.6. The zero-order valence-corrected chi connectivity index (χ0v) is 19.9. The Hall–Kier alpha value is -2.69. The molecule has 0 atom stereocenters. The molecule has 32 heavy (non-hydrogen) atoms. The van der Waals surface area contributed by atoms with Crippen molar-refractivity contribution in [3.05, 3.63) is 59.7 Å². The van der Waals surface area contributed by atoms with E-state index in [1.165, 1.54) is 11.1 Å². The van der Waals surface area contributed by atoms with Gasteiger partial charge in [-0.1, -0.05) is 30.3 Å². The molecule has 1 heterocycles. The molecule has 2 aromatic carbocycles. The lowest BCUT2D eigenvalue weighted by Gasteiger charge is -2.33. The van der Waals surface area contributed by atoms with Crippen LogP contribution in [0.3, 0.4) is 0 Å². The number of carbonyl (C=O) groups is 1. The third kappa shape index (κ3) is 7.47. The van der Waals surface area contributed by atoms with E-state index in [9.17, 15) is 4.79 Å². The first kappa shape index (κ1) is 24.0. The van der Waals surface area contributed by atoms with Gasteiger partial charge in [0.2, 0.25) is 0 Å². The number of piperidine rings is 1. The van der Waals surface area contributed by atoms with E-state index >= 15 is 0 Å². The summed E-state index contributed by atoms with van der Waals surface area (Å²) in [5.74, 6) is 1.88. The summed E-state index contributed by atoms with van der Waals surface area (Å²) < 4.78 is 17.1. The first-order valence-corrected chi connectivity index (χ1v) is 11.7. The number of rotatable bonds is 8. The molecule has 1 saturated heterocycles. The third-order valence-electron chi connectivity index (χ3n) is 5.68. The second kappa shape index (κ2) is 11.3. The number of benzene rings is 2. The molecule has 0 radical (unpaired) electrons. The molecule has 5 heteroatoms. The van der Waals surface area contributed by atoms with E-state index in [0.717, 1.165) is 50.0 Å². The van der Waals surface area contributed by atoms with Crippen molar-refractivity contribution in [3.63, 3.8) is 0 Å². The Morgan fingerprint density at radius 1 is 0.969 bits per heavy atom. The Labute approximate surface area is 192 Å². The van der Waals surface area contributed by atoms with Crippen molar-refractivity contribution < 1.29 is 19.0 Å². The molecule has 3 rings (SSSR count). The van der Waals surface area contributed by atoms with Crippen molar-refractivity contribution in [2.45, 2.75) is 71.0 Å². The first-order valence-electron chi connectivity index (χ1n) is 11.7. The average molecular weight is 440 g/mol. The zero-order valence-electron chi connectivity index (χ0n) is 19.9. The standard InChI is InChI=1S/C27H37NO4/c1-27(2,3)32-26(29)28-19-17-24(18-20-28)31-25-12-8-7-11-22(25)10-6-5-9-21-13-15-23(30-4)16-14-21/h7-8,11-16,24H,5-6,9-10,17-20H2,1-4H3. The van der Waals surface area contributed by atoms with Gasteiger partial charge in [-0.2, -0.15) is 0 Å². The molecule has 0 unspecified atom stereocenters. The molecule has 1 amide bonds. The summed E-state index contributed by atoms with van der Waals surface area (Å²) in [4.78, 5) is 14.1. The van der Waals surface area contributed by atoms with Crippen LogP contribution in [0.1, 0.15) is 57.6 Å². The zero-order chi connectivity index (χ0) is 23.0. The highest BCUT2D eigenvalue weighted by Crippen LogP contribution is 2.25. The van der Waals surface area contributed by atoms with Crippen LogP contribution in [0.15, 0.2) is 48.5 Å². The van der Waals surface area contributed by atoms with Crippen molar-refractivity contribution in [2.75, 3.05) is 20.2 Å². The summed E-state index contributed by atoms with van der Waals surface area (Å²) in [6.45, 7) is 7.03. The number of nitrogens with zero attached hydrogens (tertiary/aromatic N) is 1. The fraction of sp³-hybridized carbons (Fsp3) is 0.519. The number of amides is 1. The number of methoxy groups -OCH3 is 1. The van der Waals surface area contributed by atoms with E-state index in [0.29, 0.717) is 13.1 Å². The summed E-state index contributed by atoms with van der Waals surface area (Å²) in [6.07, 6.45) is 5.87. The molecule has 1 aliphatic rings. The SMILES string of the molecule is COc1ccc(CCCCc2ccccc2OC2CCN(C(=O)OC(C)(C)C)CC2)cc1. The van der Waals surface area contributed by atoms with Gasteiger partial charge in [-0.15, -0.1) is 0 Å². The monoisotopic (exact) mass is 439 g/mol. The molecule has 0 spiro atoms. The molecule has 0 N–H and O–H groups in total. The number of ether oxygens (including phenoxy) is 3. The molecule has 0 saturated carbocycles. The Morgan fingerprint density at radius 3 is 2.28 bits per heavy atom. The predicted octanol–water partition coefficient (Wildman–Crippen LogP) is 6.04. The molecule has 1 aliphatic heterocycles. The maximum atomic E-state index is 12.3. The number of likely N-dealkylation sites (tertiary alicyclic amines) is 1. The number of unbranched alkanes of at least 4 members (excludes halogenated alkanes) is 1. The molecule has 1 fully saturated rings. The minimum Gasteiger partial charge on any atom is -0.497 e. The van der Waals surface area contributed by atoms with Crippen LogP contribution in [-0.2, 0) is 17.6 Å². The summed E-state index contributed by atoms with van der Waals surface area (Å²) in [5, 5.41) is 0. The Balaban J connectivity index is 1.44. The van der Waals surface area contributed by atoms with Crippen LogP contribution in [0.5, 0.6) is 11.5 Å². The Morgan fingerprint density at radius 2 is 1.62 bits per heavy atom. The number of hydrogen-bond donors (Lipinski definition) is 0. The van der Waals surface area contributed by atoms with Gasteiger partial charge < -0.3 is 19.1 Å². The fourth-order valence-corrected chi connectivity index (χ4v) is 3.92. The third-order valence-corrected chi connectivity index (χ3v) is 5.68. The van der Waals surface area contributed by atoms with Gasteiger partial charge in [0.15, 0.2) is 0 Å². The van der Waals surface area contributed by atoms with E-state index in [4.69, 9.17) is 14.2 Å². The van der Waals surface area contributed by atoms with E-state index in [1.54, 1.807) is 12.0 Å². The van der Waals surface area contributed by atoms with Crippen LogP contribution in [-0.4, -0.2) is 42.9 Å². The molecular formula is C27H37NO4. The van der Waals surface area contributed by atoms with Crippen LogP contribution < -0.4 is 9.47 Å². The van der Waals surface area contributed by atoms with Crippen LogP contribution >= 0.6 is 0 Å². The largest absolute Gasteiger partial charge is 0.497 e. The number of hydrogen-bond acceptors (Lipinski definition) is 4.